The van der Waals surface area contributed by atoms with Gasteiger partial charge in [0.15, 0.2) is 5.96 Å². The number of nitrogens with zero attached hydrogens (tertiary/aromatic N) is 3. The standard InChI is InChI=1S/C25H43N5O2/c1-4-26-24(28-19-25(2,31)20-30-14-16-32-17-15-30)27-18-21-10-12-23(13-11-21)29(3)22-8-6-5-7-9-22/h10-13,22,31H,4-9,14-20H2,1-3H3,(H2,26,27,28). The van der Waals surface area contributed by atoms with Crippen LogP contribution in [0.4, 0.5) is 5.69 Å². The summed E-state index contributed by atoms with van der Waals surface area (Å²) in [7, 11) is 2.22. The fourth-order valence-corrected chi connectivity index (χ4v) is 4.60. The first-order chi connectivity index (χ1) is 15.5. The van der Waals surface area contributed by atoms with Crippen LogP contribution in [-0.2, 0) is 11.3 Å². The number of nitrogens with one attached hydrogen (secondary N) is 2. The highest BCUT2D eigenvalue weighted by atomic mass is 16.5. The Labute approximate surface area is 194 Å². The minimum atomic E-state index is -0.834. The van der Waals surface area contributed by atoms with Gasteiger partial charge in [0.05, 0.1) is 25.4 Å². The van der Waals surface area contributed by atoms with E-state index in [2.05, 4.69) is 58.7 Å². The lowest BCUT2D eigenvalue weighted by atomic mass is 9.94. The zero-order valence-corrected chi connectivity index (χ0v) is 20.3. The molecule has 1 aromatic rings. The second-order valence-electron chi connectivity index (χ2n) is 9.50. The summed E-state index contributed by atoms with van der Waals surface area (Å²) < 4.78 is 5.40. The van der Waals surface area contributed by atoms with Gasteiger partial charge in [-0.3, -0.25) is 4.90 Å². The smallest absolute Gasteiger partial charge is 0.191 e. The fourth-order valence-electron chi connectivity index (χ4n) is 4.60. The molecule has 1 saturated heterocycles. The van der Waals surface area contributed by atoms with Crippen molar-refractivity contribution in [3.05, 3.63) is 29.8 Å². The highest BCUT2D eigenvalue weighted by Crippen LogP contribution is 2.26. The van der Waals surface area contributed by atoms with E-state index in [1.54, 1.807) is 0 Å². The van der Waals surface area contributed by atoms with Crippen molar-refractivity contribution >= 4 is 11.6 Å². The van der Waals surface area contributed by atoms with Crippen LogP contribution in [0.2, 0.25) is 0 Å². The van der Waals surface area contributed by atoms with Crippen LogP contribution in [0.25, 0.3) is 0 Å². The molecule has 180 valence electrons. The third-order valence-electron chi connectivity index (χ3n) is 6.53. The average molecular weight is 446 g/mol. The molecule has 3 N–H and O–H groups in total. The van der Waals surface area contributed by atoms with Crippen molar-refractivity contribution in [2.24, 2.45) is 4.99 Å². The third-order valence-corrected chi connectivity index (χ3v) is 6.53. The molecular formula is C25H43N5O2. The maximum absolute atomic E-state index is 10.8. The maximum atomic E-state index is 10.8. The molecule has 1 heterocycles. The summed E-state index contributed by atoms with van der Waals surface area (Å²) in [6.07, 6.45) is 6.68. The first kappa shape index (κ1) is 24.8. The van der Waals surface area contributed by atoms with E-state index in [1.807, 2.05) is 6.92 Å². The molecule has 3 rings (SSSR count). The van der Waals surface area contributed by atoms with E-state index in [0.717, 1.165) is 38.8 Å². The summed E-state index contributed by atoms with van der Waals surface area (Å²) in [4.78, 5) is 9.42. The zero-order valence-electron chi connectivity index (χ0n) is 20.3. The number of ether oxygens (including phenoxy) is 1. The monoisotopic (exact) mass is 445 g/mol. The molecule has 1 aromatic carbocycles. The van der Waals surface area contributed by atoms with Crippen molar-refractivity contribution in [1.29, 1.82) is 0 Å². The predicted molar refractivity (Wildman–Crippen MR) is 132 cm³/mol. The first-order valence-corrected chi connectivity index (χ1v) is 12.3. The van der Waals surface area contributed by atoms with Crippen molar-refractivity contribution in [1.82, 2.24) is 15.5 Å². The number of hydrogen-bond acceptors (Lipinski definition) is 5. The second-order valence-corrected chi connectivity index (χ2v) is 9.50. The molecule has 1 aliphatic carbocycles. The zero-order chi connectivity index (χ0) is 22.8. The molecule has 7 heteroatoms. The Morgan fingerprint density at radius 3 is 2.50 bits per heavy atom. The van der Waals surface area contributed by atoms with Gasteiger partial charge < -0.3 is 25.4 Å². The normalized spacial score (nSPS) is 20.6. The molecule has 32 heavy (non-hydrogen) atoms. The summed E-state index contributed by atoms with van der Waals surface area (Å²) in [5.41, 5.74) is 1.63. The Kier molecular flexibility index (Phi) is 9.63. The third kappa shape index (κ3) is 7.94. The fraction of sp³-hybridized carbons (Fsp3) is 0.720. The van der Waals surface area contributed by atoms with Gasteiger partial charge in [-0.25, -0.2) is 4.99 Å². The number of morpholine rings is 1. The van der Waals surface area contributed by atoms with E-state index in [1.165, 1.54) is 43.4 Å². The van der Waals surface area contributed by atoms with Crippen molar-refractivity contribution in [3.63, 3.8) is 0 Å². The molecule has 0 amide bonds. The lowest BCUT2D eigenvalue weighted by Crippen LogP contribution is -2.52. The first-order valence-electron chi connectivity index (χ1n) is 12.3. The lowest BCUT2D eigenvalue weighted by molar-refractivity contribution is -0.0201. The number of anilines is 1. The average Bonchev–Trinajstić information content (AvgIpc) is 2.82. The van der Waals surface area contributed by atoms with Crippen LogP contribution in [0.15, 0.2) is 29.3 Å². The van der Waals surface area contributed by atoms with Gasteiger partial charge in [0.2, 0.25) is 0 Å². The van der Waals surface area contributed by atoms with Gasteiger partial charge in [-0.1, -0.05) is 31.4 Å². The van der Waals surface area contributed by atoms with E-state index in [4.69, 9.17) is 9.73 Å². The SMILES string of the molecule is CCNC(=NCc1ccc(N(C)C2CCCCC2)cc1)NCC(C)(O)CN1CCOCC1. The molecule has 0 radical (unpaired) electrons. The number of aliphatic hydroxyl groups is 1. The van der Waals surface area contributed by atoms with Gasteiger partial charge >= 0.3 is 0 Å². The summed E-state index contributed by atoms with van der Waals surface area (Å²) in [6, 6.07) is 9.45. The molecule has 0 bridgehead atoms. The van der Waals surface area contributed by atoms with Crippen molar-refractivity contribution in [3.8, 4) is 0 Å². The molecule has 0 aromatic heterocycles. The van der Waals surface area contributed by atoms with Crippen LogP contribution < -0.4 is 15.5 Å². The van der Waals surface area contributed by atoms with E-state index in [9.17, 15) is 5.11 Å². The molecule has 1 saturated carbocycles. The molecule has 7 nitrogen and oxygen atoms in total. The second kappa shape index (κ2) is 12.4. The van der Waals surface area contributed by atoms with Crippen LogP contribution in [0.5, 0.6) is 0 Å². The Balaban J connectivity index is 1.51. The summed E-state index contributed by atoms with van der Waals surface area (Å²) >= 11 is 0. The van der Waals surface area contributed by atoms with E-state index in [0.29, 0.717) is 25.7 Å². The molecule has 2 aliphatic rings. The molecule has 0 spiro atoms. The van der Waals surface area contributed by atoms with Gasteiger partial charge in [-0.15, -0.1) is 0 Å². The van der Waals surface area contributed by atoms with Crippen LogP contribution in [0.3, 0.4) is 0 Å². The van der Waals surface area contributed by atoms with E-state index < -0.39 is 5.60 Å². The molecular weight excluding hydrogens is 402 g/mol. The van der Waals surface area contributed by atoms with E-state index in [-0.39, 0.29) is 0 Å². The van der Waals surface area contributed by atoms with Crippen molar-refractivity contribution in [2.45, 2.75) is 64.1 Å². The Morgan fingerprint density at radius 1 is 1.16 bits per heavy atom. The Hall–Kier alpha value is -1.83. The molecule has 1 unspecified atom stereocenters. The van der Waals surface area contributed by atoms with Crippen LogP contribution in [-0.4, -0.2) is 80.6 Å². The highest BCUT2D eigenvalue weighted by Gasteiger charge is 2.25. The van der Waals surface area contributed by atoms with Crippen molar-refractivity contribution in [2.75, 3.05) is 57.9 Å². The highest BCUT2D eigenvalue weighted by molar-refractivity contribution is 5.79. The Morgan fingerprint density at radius 2 is 1.84 bits per heavy atom. The molecule has 2 fully saturated rings. The summed E-state index contributed by atoms with van der Waals surface area (Å²) in [5.74, 6) is 0.734. The number of rotatable bonds is 9. The maximum Gasteiger partial charge on any atom is 0.191 e. The van der Waals surface area contributed by atoms with Gasteiger partial charge in [-0.05, 0) is 44.4 Å². The number of hydrogen-bond donors (Lipinski definition) is 3. The van der Waals surface area contributed by atoms with Crippen LogP contribution >= 0.6 is 0 Å². The largest absolute Gasteiger partial charge is 0.387 e. The molecule has 1 aliphatic heterocycles. The van der Waals surface area contributed by atoms with E-state index >= 15 is 0 Å². The van der Waals surface area contributed by atoms with Crippen LogP contribution in [0.1, 0.15) is 51.5 Å². The minimum absolute atomic E-state index is 0.446. The van der Waals surface area contributed by atoms with Crippen molar-refractivity contribution < 1.29 is 9.84 Å². The molecule has 1 atom stereocenters. The van der Waals surface area contributed by atoms with Crippen LogP contribution in [0, 0.1) is 0 Å². The minimum Gasteiger partial charge on any atom is -0.387 e. The number of aliphatic imine (C=N–C) groups is 1. The lowest BCUT2D eigenvalue weighted by Gasteiger charge is -2.34. The van der Waals surface area contributed by atoms with Gasteiger partial charge in [0, 0.05) is 51.5 Å². The topological polar surface area (TPSA) is 72.4 Å². The number of guanidine groups is 1. The summed E-state index contributed by atoms with van der Waals surface area (Å²) in [5, 5.41) is 17.4. The number of benzene rings is 1. The summed E-state index contributed by atoms with van der Waals surface area (Å²) in [6.45, 7) is 9.61. The van der Waals surface area contributed by atoms with Gasteiger partial charge in [-0.2, -0.15) is 0 Å². The number of β-amino-alcohol motifs (C(OH)–C–C–N with tert-alkyl or cyclic N) is 1. The van der Waals surface area contributed by atoms with Gasteiger partial charge in [0.25, 0.3) is 0 Å². The van der Waals surface area contributed by atoms with Gasteiger partial charge in [0.1, 0.15) is 0 Å². The predicted octanol–water partition coefficient (Wildman–Crippen LogP) is 2.59. The Bertz CT molecular complexity index is 695. The quantitative estimate of drug-likeness (QED) is 0.401.